The number of halogens is 1. The zero-order chi connectivity index (χ0) is 12.7. The molecule has 0 aliphatic rings. The van der Waals surface area contributed by atoms with Crippen LogP contribution in [0.3, 0.4) is 0 Å². The molecule has 1 aromatic carbocycles. The van der Waals surface area contributed by atoms with E-state index in [1.807, 2.05) is 23.9 Å². The molecule has 0 fully saturated rings. The zero-order valence-corrected chi connectivity index (χ0v) is 11.6. The van der Waals surface area contributed by atoms with Crippen molar-refractivity contribution in [2.24, 2.45) is 0 Å². The lowest BCUT2D eigenvalue weighted by Crippen LogP contribution is -2.35. The van der Waals surface area contributed by atoms with Crippen LogP contribution in [0, 0.1) is 0 Å². The number of benzene rings is 1. The number of thioether (sulfide) groups is 1. The molecule has 4 heteroatoms. The van der Waals surface area contributed by atoms with E-state index in [2.05, 4.69) is 6.92 Å². The van der Waals surface area contributed by atoms with Crippen molar-refractivity contribution in [1.29, 1.82) is 0 Å². The van der Waals surface area contributed by atoms with Gasteiger partial charge in [-0.2, -0.15) is 11.8 Å². The van der Waals surface area contributed by atoms with Crippen LogP contribution < -0.4 is 0 Å². The Morgan fingerprint density at radius 3 is 2.24 bits per heavy atom. The summed E-state index contributed by atoms with van der Waals surface area (Å²) in [6, 6.07) is 7.35. The Balaban J connectivity index is 2.85. The fourth-order valence-electron chi connectivity index (χ4n) is 1.75. The Labute approximate surface area is 112 Å². The second kappa shape index (κ2) is 7.27. The first-order valence-electron chi connectivity index (χ1n) is 5.74. The molecule has 0 spiro atoms. The standard InChI is InChI=1S/C13H19ClO2S/c1-2-17-8-7-13(9-15,10-16)11-3-5-12(14)6-4-11/h3-6,15-16H,2,7-10H2,1H3. The molecule has 0 radical (unpaired) electrons. The second-order valence-corrected chi connectivity index (χ2v) is 5.88. The first-order valence-corrected chi connectivity index (χ1v) is 7.27. The maximum Gasteiger partial charge on any atom is 0.0550 e. The molecule has 2 nitrogen and oxygen atoms in total. The van der Waals surface area contributed by atoms with Crippen molar-refractivity contribution in [2.75, 3.05) is 24.7 Å². The van der Waals surface area contributed by atoms with E-state index in [-0.39, 0.29) is 13.2 Å². The van der Waals surface area contributed by atoms with E-state index in [0.29, 0.717) is 5.02 Å². The molecule has 0 atom stereocenters. The Morgan fingerprint density at radius 1 is 1.18 bits per heavy atom. The van der Waals surface area contributed by atoms with Crippen molar-refractivity contribution in [3.63, 3.8) is 0 Å². The van der Waals surface area contributed by atoms with Gasteiger partial charge < -0.3 is 10.2 Å². The van der Waals surface area contributed by atoms with E-state index >= 15 is 0 Å². The van der Waals surface area contributed by atoms with Gasteiger partial charge >= 0.3 is 0 Å². The van der Waals surface area contributed by atoms with Crippen molar-refractivity contribution in [3.05, 3.63) is 34.9 Å². The van der Waals surface area contributed by atoms with Crippen LogP contribution in [0.4, 0.5) is 0 Å². The van der Waals surface area contributed by atoms with Gasteiger partial charge in [0, 0.05) is 10.4 Å². The molecular weight excluding hydrogens is 256 g/mol. The van der Waals surface area contributed by atoms with Gasteiger partial charge in [-0.3, -0.25) is 0 Å². The molecule has 96 valence electrons. The highest BCUT2D eigenvalue weighted by Crippen LogP contribution is 2.29. The molecule has 0 aromatic heterocycles. The Hall–Kier alpha value is -0.220. The summed E-state index contributed by atoms with van der Waals surface area (Å²) < 4.78 is 0. The molecule has 0 saturated heterocycles. The number of aliphatic hydroxyl groups excluding tert-OH is 2. The van der Waals surface area contributed by atoms with E-state index in [0.717, 1.165) is 23.5 Å². The minimum absolute atomic E-state index is 0.0462. The molecular formula is C13H19ClO2S. The molecule has 1 aromatic rings. The van der Waals surface area contributed by atoms with Gasteiger partial charge in [0.2, 0.25) is 0 Å². The van der Waals surface area contributed by atoms with Crippen LogP contribution in [0.25, 0.3) is 0 Å². The normalized spacial score (nSPS) is 11.8. The summed E-state index contributed by atoms with van der Waals surface area (Å²) in [5.41, 5.74) is 0.399. The van der Waals surface area contributed by atoms with Gasteiger partial charge in [-0.1, -0.05) is 30.7 Å². The summed E-state index contributed by atoms with van der Waals surface area (Å²) in [6.45, 7) is 2.01. The van der Waals surface area contributed by atoms with Crippen molar-refractivity contribution >= 4 is 23.4 Å². The Bertz CT molecular complexity index is 323. The Morgan fingerprint density at radius 2 is 1.76 bits per heavy atom. The molecule has 0 aliphatic carbocycles. The average molecular weight is 275 g/mol. The predicted molar refractivity (Wildman–Crippen MR) is 74.9 cm³/mol. The maximum atomic E-state index is 9.60. The minimum atomic E-state index is -0.549. The summed E-state index contributed by atoms with van der Waals surface area (Å²) in [5, 5.41) is 19.9. The number of rotatable bonds is 7. The van der Waals surface area contributed by atoms with E-state index in [4.69, 9.17) is 11.6 Å². The first-order chi connectivity index (χ1) is 8.18. The van der Waals surface area contributed by atoms with Crippen LogP contribution in [0.2, 0.25) is 5.02 Å². The highest BCUT2D eigenvalue weighted by Gasteiger charge is 2.30. The van der Waals surface area contributed by atoms with Crippen LogP contribution in [-0.4, -0.2) is 34.9 Å². The topological polar surface area (TPSA) is 40.5 Å². The third-order valence-electron chi connectivity index (χ3n) is 2.99. The van der Waals surface area contributed by atoms with Gasteiger partial charge in [-0.05, 0) is 35.6 Å². The largest absolute Gasteiger partial charge is 0.395 e. The second-order valence-electron chi connectivity index (χ2n) is 4.05. The highest BCUT2D eigenvalue weighted by atomic mass is 35.5. The van der Waals surface area contributed by atoms with Crippen LogP contribution in [0.1, 0.15) is 18.9 Å². The van der Waals surface area contributed by atoms with E-state index in [9.17, 15) is 10.2 Å². The molecule has 0 heterocycles. The zero-order valence-electron chi connectivity index (χ0n) is 10.0. The summed E-state index contributed by atoms with van der Waals surface area (Å²) >= 11 is 7.66. The Kier molecular flexibility index (Phi) is 6.34. The van der Waals surface area contributed by atoms with E-state index in [1.165, 1.54) is 0 Å². The lowest BCUT2D eigenvalue weighted by molar-refractivity contribution is 0.114. The number of hydrogen-bond donors (Lipinski definition) is 2. The van der Waals surface area contributed by atoms with Gasteiger partial charge in [0.15, 0.2) is 0 Å². The van der Waals surface area contributed by atoms with Crippen molar-refractivity contribution in [2.45, 2.75) is 18.8 Å². The van der Waals surface area contributed by atoms with Crippen LogP contribution in [0.5, 0.6) is 0 Å². The van der Waals surface area contributed by atoms with Gasteiger partial charge in [0.05, 0.1) is 13.2 Å². The van der Waals surface area contributed by atoms with Gasteiger partial charge in [-0.25, -0.2) is 0 Å². The van der Waals surface area contributed by atoms with Gasteiger partial charge in [-0.15, -0.1) is 0 Å². The van der Waals surface area contributed by atoms with Crippen LogP contribution >= 0.6 is 23.4 Å². The third kappa shape index (κ3) is 3.88. The molecule has 0 unspecified atom stereocenters. The highest BCUT2D eigenvalue weighted by molar-refractivity contribution is 7.99. The first kappa shape index (κ1) is 14.8. The fourth-order valence-corrected chi connectivity index (χ4v) is 2.70. The number of aliphatic hydroxyl groups is 2. The summed E-state index contributed by atoms with van der Waals surface area (Å²) in [5.74, 6) is 1.98. The van der Waals surface area contributed by atoms with E-state index in [1.54, 1.807) is 12.1 Å². The lowest BCUT2D eigenvalue weighted by atomic mass is 9.79. The van der Waals surface area contributed by atoms with Crippen molar-refractivity contribution < 1.29 is 10.2 Å². The molecule has 1 rings (SSSR count). The maximum absolute atomic E-state index is 9.60. The number of hydrogen-bond acceptors (Lipinski definition) is 3. The van der Waals surface area contributed by atoms with Gasteiger partial charge in [0.25, 0.3) is 0 Å². The van der Waals surface area contributed by atoms with Crippen LogP contribution in [0.15, 0.2) is 24.3 Å². The predicted octanol–water partition coefficient (Wildman–Crippen LogP) is 2.71. The lowest BCUT2D eigenvalue weighted by Gasteiger charge is -2.30. The fraction of sp³-hybridized carbons (Fsp3) is 0.538. The molecule has 0 aliphatic heterocycles. The van der Waals surface area contributed by atoms with Crippen molar-refractivity contribution in [3.8, 4) is 0 Å². The molecule has 17 heavy (non-hydrogen) atoms. The molecule has 0 amide bonds. The summed E-state index contributed by atoms with van der Waals surface area (Å²) in [6.07, 6.45) is 0.764. The quantitative estimate of drug-likeness (QED) is 0.751. The van der Waals surface area contributed by atoms with Gasteiger partial charge in [0.1, 0.15) is 0 Å². The van der Waals surface area contributed by atoms with Crippen molar-refractivity contribution in [1.82, 2.24) is 0 Å². The summed E-state index contributed by atoms with van der Waals surface area (Å²) in [7, 11) is 0. The molecule has 0 bridgehead atoms. The third-order valence-corrected chi connectivity index (χ3v) is 4.14. The summed E-state index contributed by atoms with van der Waals surface area (Å²) in [4.78, 5) is 0. The monoisotopic (exact) mass is 274 g/mol. The van der Waals surface area contributed by atoms with E-state index < -0.39 is 5.41 Å². The average Bonchev–Trinajstić information content (AvgIpc) is 2.37. The van der Waals surface area contributed by atoms with Crippen LogP contribution in [-0.2, 0) is 5.41 Å². The smallest absolute Gasteiger partial charge is 0.0550 e. The minimum Gasteiger partial charge on any atom is -0.395 e. The SMILES string of the molecule is CCSCCC(CO)(CO)c1ccc(Cl)cc1. The molecule has 0 saturated carbocycles. The molecule has 2 N–H and O–H groups in total.